The van der Waals surface area contributed by atoms with Crippen molar-refractivity contribution in [2.75, 3.05) is 11.4 Å². The van der Waals surface area contributed by atoms with Gasteiger partial charge in [0.1, 0.15) is 0 Å². The van der Waals surface area contributed by atoms with Crippen LogP contribution in [0, 0.1) is 13.8 Å². The Kier molecular flexibility index (Phi) is 4.43. The third kappa shape index (κ3) is 3.27. The number of carbonyl (C=O) groups is 1. The number of thiazole rings is 1. The Morgan fingerprint density at radius 2 is 2.17 bits per heavy atom. The number of anilines is 1. The largest absolute Gasteiger partial charge is 0.286 e. The number of amides is 1. The molecule has 0 spiro atoms. The zero-order valence-corrected chi connectivity index (χ0v) is 14.4. The molecule has 0 aliphatic heterocycles. The standard InChI is InChI=1S/C17H20N4OS/c1-4-15(22)21(9-8-20-7-5-6-18-20)17-19-16-13(3)10-12(2)11-14(16)23-17/h5-7,10-11H,4,8-9H2,1-3H3. The number of rotatable bonds is 5. The van der Waals surface area contributed by atoms with Crippen molar-refractivity contribution in [2.24, 2.45) is 0 Å². The van der Waals surface area contributed by atoms with Crippen LogP contribution in [-0.2, 0) is 11.3 Å². The first kappa shape index (κ1) is 15.7. The van der Waals surface area contributed by atoms with Crippen molar-refractivity contribution in [2.45, 2.75) is 33.7 Å². The average molecular weight is 328 g/mol. The Hall–Kier alpha value is -2.21. The Morgan fingerprint density at radius 1 is 1.35 bits per heavy atom. The molecule has 0 atom stereocenters. The van der Waals surface area contributed by atoms with E-state index in [2.05, 4.69) is 31.1 Å². The highest BCUT2D eigenvalue weighted by atomic mass is 32.1. The Labute approximate surface area is 139 Å². The summed E-state index contributed by atoms with van der Waals surface area (Å²) in [7, 11) is 0. The zero-order valence-electron chi connectivity index (χ0n) is 13.6. The summed E-state index contributed by atoms with van der Waals surface area (Å²) in [6.45, 7) is 7.26. The fourth-order valence-corrected chi connectivity index (χ4v) is 3.81. The number of hydrogen-bond donors (Lipinski definition) is 0. The summed E-state index contributed by atoms with van der Waals surface area (Å²) in [5.74, 6) is 0.0885. The summed E-state index contributed by atoms with van der Waals surface area (Å²) in [6.07, 6.45) is 4.11. The summed E-state index contributed by atoms with van der Waals surface area (Å²) < 4.78 is 2.96. The first-order valence-corrected chi connectivity index (χ1v) is 8.55. The normalized spacial score (nSPS) is 11.1. The molecule has 0 saturated heterocycles. The van der Waals surface area contributed by atoms with Crippen molar-refractivity contribution >= 4 is 32.6 Å². The van der Waals surface area contributed by atoms with Gasteiger partial charge in [0, 0.05) is 25.4 Å². The van der Waals surface area contributed by atoms with Crippen molar-refractivity contribution < 1.29 is 4.79 Å². The van der Waals surface area contributed by atoms with Gasteiger partial charge in [-0.25, -0.2) is 4.98 Å². The molecule has 0 radical (unpaired) electrons. The molecule has 1 amide bonds. The van der Waals surface area contributed by atoms with E-state index in [0.717, 1.165) is 20.9 Å². The Bertz CT molecular complexity index is 823. The predicted octanol–water partition coefficient (Wildman–Crippen LogP) is 3.55. The molecular weight excluding hydrogens is 308 g/mol. The molecule has 3 rings (SSSR count). The van der Waals surface area contributed by atoms with Crippen molar-refractivity contribution in [1.29, 1.82) is 0 Å². The first-order chi connectivity index (χ1) is 11.1. The van der Waals surface area contributed by atoms with Crippen LogP contribution in [0.15, 0.2) is 30.6 Å². The van der Waals surface area contributed by atoms with Gasteiger partial charge < -0.3 is 0 Å². The molecule has 6 heteroatoms. The molecule has 0 unspecified atom stereocenters. The Morgan fingerprint density at radius 3 is 2.87 bits per heavy atom. The van der Waals surface area contributed by atoms with Gasteiger partial charge in [0.2, 0.25) is 5.91 Å². The van der Waals surface area contributed by atoms with Gasteiger partial charge in [-0.15, -0.1) is 0 Å². The number of benzene rings is 1. The number of nitrogens with zero attached hydrogens (tertiary/aromatic N) is 4. The maximum absolute atomic E-state index is 12.4. The fourth-order valence-electron chi connectivity index (χ4n) is 2.63. The van der Waals surface area contributed by atoms with E-state index in [1.807, 2.05) is 23.9 Å². The SMILES string of the molecule is CCC(=O)N(CCn1cccn1)c1nc2c(C)cc(C)cc2s1. The maximum Gasteiger partial charge on any atom is 0.228 e. The zero-order chi connectivity index (χ0) is 16.4. The molecule has 23 heavy (non-hydrogen) atoms. The van der Waals surface area contributed by atoms with Crippen LogP contribution < -0.4 is 4.90 Å². The van der Waals surface area contributed by atoms with Crippen molar-refractivity contribution in [3.05, 3.63) is 41.7 Å². The van der Waals surface area contributed by atoms with E-state index in [-0.39, 0.29) is 5.91 Å². The Balaban J connectivity index is 1.92. The van der Waals surface area contributed by atoms with Gasteiger partial charge in [-0.05, 0) is 37.1 Å². The number of hydrogen-bond acceptors (Lipinski definition) is 4. The van der Waals surface area contributed by atoms with Crippen LogP contribution in [0.4, 0.5) is 5.13 Å². The number of aromatic nitrogens is 3. The van der Waals surface area contributed by atoms with Crippen molar-refractivity contribution in [1.82, 2.24) is 14.8 Å². The maximum atomic E-state index is 12.4. The molecule has 0 saturated carbocycles. The molecule has 0 N–H and O–H groups in total. The molecule has 0 bridgehead atoms. The van der Waals surface area contributed by atoms with Gasteiger partial charge in [-0.1, -0.05) is 24.3 Å². The quantitative estimate of drug-likeness (QED) is 0.719. The average Bonchev–Trinajstić information content (AvgIpc) is 3.16. The molecule has 2 heterocycles. The lowest BCUT2D eigenvalue weighted by Gasteiger charge is -2.19. The lowest BCUT2D eigenvalue weighted by atomic mass is 10.1. The second kappa shape index (κ2) is 6.50. The topological polar surface area (TPSA) is 51.0 Å². The molecule has 120 valence electrons. The minimum atomic E-state index is 0.0885. The third-order valence-corrected chi connectivity index (χ3v) is 4.79. The van der Waals surface area contributed by atoms with Crippen molar-refractivity contribution in [3.63, 3.8) is 0 Å². The van der Waals surface area contributed by atoms with E-state index >= 15 is 0 Å². The van der Waals surface area contributed by atoms with Crippen LogP contribution in [0.1, 0.15) is 24.5 Å². The third-order valence-electron chi connectivity index (χ3n) is 3.76. The molecule has 0 fully saturated rings. The predicted molar refractivity (Wildman–Crippen MR) is 94.0 cm³/mol. The fraction of sp³-hybridized carbons (Fsp3) is 0.353. The van der Waals surface area contributed by atoms with Crippen molar-refractivity contribution in [3.8, 4) is 0 Å². The highest BCUT2D eigenvalue weighted by Gasteiger charge is 2.19. The van der Waals surface area contributed by atoms with E-state index in [0.29, 0.717) is 19.5 Å². The lowest BCUT2D eigenvalue weighted by Crippen LogP contribution is -2.33. The number of fused-ring (bicyclic) bond motifs is 1. The van der Waals surface area contributed by atoms with Gasteiger partial charge in [0.15, 0.2) is 5.13 Å². The summed E-state index contributed by atoms with van der Waals surface area (Å²) in [4.78, 5) is 18.9. The second-order valence-corrected chi connectivity index (χ2v) is 6.60. The van der Waals surface area contributed by atoms with Gasteiger partial charge in [0.05, 0.1) is 16.8 Å². The molecule has 3 aromatic rings. The van der Waals surface area contributed by atoms with E-state index < -0.39 is 0 Å². The monoisotopic (exact) mass is 328 g/mol. The van der Waals surface area contributed by atoms with Gasteiger partial charge in [0.25, 0.3) is 0 Å². The first-order valence-electron chi connectivity index (χ1n) is 7.74. The van der Waals surface area contributed by atoms with Gasteiger partial charge in [-0.3, -0.25) is 14.4 Å². The van der Waals surface area contributed by atoms with Crippen LogP contribution in [-0.4, -0.2) is 27.2 Å². The smallest absolute Gasteiger partial charge is 0.228 e. The minimum Gasteiger partial charge on any atom is -0.286 e. The minimum absolute atomic E-state index is 0.0885. The van der Waals surface area contributed by atoms with Crippen LogP contribution in [0.3, 0.4) is 0 Å². The second-order valence-electron chi connectivity index (χ2n) is 5.59. The summed E-state index contributed by atoms with van der Waals surface area (Å²) >= 11 is 1.58. The molecular formula is C17H20N4OS. The molecule has 0 aliphatic carbocycles. The van der Waals surface area contributed by atoms with Crippen LogP contribution >= 0.6 is 11.3 Å². The summed E-state index contributed by atoms with van der Waals surface area (Å²) in [5, 5.41) is 4.97. The van der Waals surface area contributed by atoms with Gasteiger partial charge >= 0.3 is 0 Å². The number of aryl methyl sites for hydroxylation is 2. The van der Waals surface area contributed by atoms with E-state index in [1.165, 1.54) is 5.56 Å². The van der Waals surface area contributed by atoms with Crippen LogP contribution in [0.5, 0.6) is 0 Å². The molecule has 2 aromatic heterocycles. The van der Waals surface area contributed by atoms with Gasteiger partial charge in [-0.2, -0.15) is 5.10 Å². The van der Waals surface area contributed by atoms with Crippen LogP contribution in [0.2, 0.25) is 0 Å². The summed E-state index contributed by atoms with van der Waals surface area (Å²) in [5.41, 5.74) is 3.36. The molecule has 1 aromatic carbocycles. The van der Waals surface area contributed by atoms with Crippen LogP contribution in [0.25, 0.3) is 10.2 Å². The van der Waals surface area contributed by atoms with E-state index in [1.54, 1.807) is 22.4 Å². The molecule has 5 nitrogen and oxygen atoms in total. The number of carbonyl (C=O) groups excluding carboxylic acids is 1. The highest BCUT2D eigenvalue weighted by molar-refractivity contribution is 7.22. The molecule has 0 aliphatic rings. The highest BCUT2D eigenvalue weighted by Crippen LogP contribution is 2.31. The summed E-state index contributed by atoms with van der Waals surface area (Å²) in [6, 6.07) is 6.14. The van der Waals surface area contributed by atoms with E-state index in [4.69, 9.17) is 4.98 Å². The lowest BCUT2D eigenvalue weighted by molar-refractivity contribution is -0.118. The van der Waals surface area contributed by atoms with E-state index in [9.17, 15) is 4.79 Å².